The number of amides is 1. The molecule has 0 fully saturated rings. The van der Waals surface area contributed by atoms with Gasteiger partial charge in [0.1, 0.15) is 6.04 Å². The largest absolute Gasteiger partial charge is 0.366 e. The van der Waals surface area contributed by atoms with Crippen molar-refractivity contribution in [3.63, 3.8) is 0 Å². The number of nitrogens with zero attached hydrogens (tertiary/aromatic N) is 3. The number of benzene rings is 2. The Kier molecular flexibility index (Phi) is 4.37. The first-order valence-electron chi connectivity index (χ1n) is 8.20. The van der Waals surface area contributed by atoms with Gasteiger partial charge < -0.3 is 11.1 Å². The number of hydrogen-bond acceptors (Lipinski definition) is 4. The van der Waals surface area contributed by atoms with Crippen molar-refractivity contribution >= 4 is 35.1 Å². The molecule has 0 radical (unpaired) electrons. The smallest absolute Gasteiger partial charge is 0.248 e. The lowest BCUT2D eigenvalue weighted by molar-refractivity contribution is -0.115. The number of aromatic nitrogens is 3. The van der Waals surface area contributed by atoms with E-state index < -0.39 is 11.9 Å². The predicted molar refractivity (Wildman–Crippen MR) is 106 cm³/mol. The predicted octanol–water partition coefficient (Wildman–Crippen LogP) is 4.03. The van der Waals surface area contributed by atoms with Gasteiger partial charge in [0.05, 0.1) is 10.6 Å². The molecule has 1 atom stereocenters. The normalized spacial score (nSPS) is 16.0. The van der Waals surface area contributed by atoms with E-state index in [0.717, 1.165) is 5.56 Å². The lowest BCUT2D eigenvalue weighted by Crippen LogP contribution is -2.31. The van der Waals surface area contributed by atoms with Crippen LogP contribution in [0.5, 0.6) is 0 Å². The number of primary amides is 1. The standard InChI is InChI=1S/C19H15Cl2N5O/c1-10-15(17(22)27)16(11-6-8-12(20)9-7-11)26-19(23-10)24-18(25-26)13-4-2-3-5-14(13)21/h2-9,16H,1H3,(H2,22,27)(H,23,24,25)/t16-/m0/s1. The summed E-state index contributed by atoms with van der Waals surface area (Å²) in [5.74, 6) is 0.438. The van der Waals surface area contributed by atoms with Gasteiger partial charge in [-0.15, -0.1) is 5.10 Å². The van der Waals surface area contributed by atoms with Gasteiger partial charge in [0.25, 0.3) is 0 Å². The van der Waals surface area contributed by atoms with Crippen molar-refractivity contribution in [2.75, 3.05) is 5.32 Å². The number of allylic oxidation sites excluding steroid dienone is 1. The Morgan fingerprint density at radius 1 is 1.15 bits per heavy atom. The molecule has 27 heavy (non-hydrogen) atoms. The number of hydrogen-bond donors (Lipinski definition) is 2. The number of nitrogens with two attached hydrogens (primary N) is 1. The summed E-state index contributed by atoms with van der Waals surface area (Å²) in [7, 11) is 0. The molecular weight excluding hydrogens is 385 g/mol. The SMILES string of the molecule is CC1=C(C(N)=O)[C@H](c2ccc(Cl)cc2)n2nc(-c3ccccc3Cl)nc2N1. The lowest BCUT2D eigenvalue weighted by atomic mass is 9.95. The van der Waals surface area contributed by atoms with Gasteiger partial charge in [-0.2, -0.15) is 4.98 Å². The van der Waals surface area contributed by atoms with Gasteiger partial charge in [-0.25, -0.2) is 4.68 Å². The van der Waals surface area contributed by atoms with E-state index in [1.165, 1.54) is 0 Å². The van der Waals surface area contributed by atoms with Crippen molar-refractivity contribution in [2.45, 2.75) is 13.0 Å². The molecule has 0 aliphatic carbocycles. The van der Waals surface area contributed by atoms with Gasteiger partial charge in [-0.1, -0.05) is 47.5 Å². The van der Waals surface area contributed by atoms with Crippen molar-refractivity contribution in [3.05, 3.63) is 75.4 Å². The van der Waals surface area contributed by atoms with Crippen LogP contribution in [0.1, 0.15) is 18.5 Å². The molecule has 0 spiro atoms. The Hall–Kier alpha value is -2.83. The molecule has 0 unspecified atom stereocenters. The zero-order valence-electron chi connectivity index (χ0n) is 14.3. The summed E-state index contributed by atoms with van der Waals surface area (Å²) in [6.45, 7) is 1.79. The molecule has 2 heterocycles. The van der Waals surface area contributed by atoms with Crippen molar-refractivity contribution < 1.29 is 4.79 Å². The maximum absolute atomic E-state index is 12.2. The third kappa shape index (κ3) is 3.07. The zero-order chi connectivity index (χ0) is 19.1. The Bertz CT molecular complexity index is 1070. The second kappa shape index (κ2) is 6.72. The quantitative estimate of drug-likeness (QED) is 0.695. The third-order valence-electron chi connectivity index (χ3n) is 4.42. The number of nitrogens with one attached hydrogen (secondary N) is 1. The molecule has 4 rings (SSSR count). The molecule has 3 aromatic rings. The molecule has 1 aliphatic heterocycles. The summed E-state index contributed by atoms with van der Waals surface area (Å²) in [6.07, 6.45) is 0. The van der Waals surface area contributed by atoms with E-state index in [0.29, 0.717) is 38.7 Å². The fourth-order valence-electron chi connectivity index (χ4n) is 3.18. The number of anilines is 1. The highest BCUT2D eigenvalue weighted by Gasteiger charge is 2.33. The van der Waals surface area contributed by atoms with Crippen LogP contribution in [0.15, 0.2) is 59.8 Å². The van der Waals surface area contributed by atoms with Crippen LogP contribution in [0.2, 0.25) is 10.0 Å². The van der Waals surface area contributed by atoms with Gasteiger partial charge in [-0.3, -0.25) is 4.79 Å². The maximum Gasteiger partial charge on any atom is 0.248 e. The number of fused-ring (bicyclic) bond motifs is 1. The van der Waals surface area contributed by atoms with Gasteiger partial charge in [0.15, 0.2) is 5.82 Å². The van der Waals surface area contributed by atoms with Crippen LogP contribution in [-0.2, 0) is 4.79 Å². The molecule has 2 aromatic carbocycles. The number of carbonyl (C=O) groups excluding carboxylic acids is 1. The fourth-order valence-corrected chi connectivity index (χ4v) is 3.53. The van der Waals surface area contributed by atoms with Gasteiger partial charge in [0.2, 0.25) is 11.9 Å². The molecule has 8 heteroatoms. The summed E-state index contributed by atoms with van der Waals surface area (Å²) in [6, 6.07) is 14.0. The molecule has 0 saturated heterocycles. The number of carbonyl (C=O) groups is 1. The Morgan fingerprint density at radius 3 is 2.52 bits per heavy atom. The van der Waals surface area contributed by atoms with Crippen LogP contribution < -0.4 is 11.1 Å². The average Bonchev–Trinajstić information content (AvgIpc) is 3.04. The van der Waals surface area contributed by atoms with E-state index in [1.807, 2.05) is 30.3 Å². The van der Waals surface area contributed by atoms with E-state index in [1.54, 1.807) is 29.8 Å². The Balaban J connectivity index is 1.90. The van der Waals surface area contributed by atoms with Crippen LogP contribution in [0, 0.1) is 0 Å². The molecule has 0 saturated carbocycles. The van der Waals surface area contributed by atoms with E-state index in [2.05, 4.69) is 15.4 Å². The summed E-state index contributed by atoms with van der Waals surface area (Å²) in [5, 5.41) is 8.87. The monoisotopic (exact) mass is 399 g/mol. The van der Waals surface area contributed by atoms with Gasteiger partial charge in [0, 0.05) is 16.3 Å². The summed E-state index contributed by atoms with van der Waals surface area (Å²) < 4.78 is 1.65. The van der Waals surface area contributed by atoms with Gasteiger partial charge >= 0.3 is 0 Å². The fraction of sp³-hybridized carbons (Fsp3) is 0.105. The minimum Gasteiger partial charge on any atom is -0.366 e. The van der Waals surface area contributed by atoms with E-state index in [9.17, 15) is 4.79 Å². The van der Waals surface area contributed by atoms with Crippen LogP contribution in [0.3, 0.4) is 0 Å². The molecule has 136 valence electrons. The summed E-state index contributed by atoms with van der Waals surface area (Å²) >= 11 is 12.3. The number of rotatable bonds is 3. The first kappa shape index (κ1) is 17.6. The van der Waals surface area contributed by atoms with E-state index >= 15 is 0 Å². The van der Waals surface area contributed by atoms with Crippen molar-refractivity contribution in [3.8, 4) is 11.4 Å². The molecule has 1 aromatic heterocycles. The second-order valence-electron chi connectivity index (χ2n) is 6.17. The van der Waals surface area contributed by atoms with Crippen LogP contribution in [-0.4, -0.2) is 20.7 Å². The minimum absolute atomic E-state index is 0.417. The molecular formula is C19H15Cl2N5O. The summed E-state index contributed by atoms with van der Waals surface area (Å²) in [5.41, 5.74) is 8.25. The minimum atomic E-state index is -0.527. The van der Waals surface area contributed by atoms with Crippen molar-refractivity contribution in [1.82, 2.24) is 14.8 Å². The molecule has 1 amide bonds. The Labute approximate surface area is 165 Å². The van der Waals surface area contributed by atoms with E-state index in [4.69, 9.17) is 28.9 Å². The molecule has 0 bridgehead atoms. The van der Waals surface area contributed by atoms with E-state index in [-0.39, 0.29) is 0 Å². The van der Waals surface area contributed by atoms with Crippen LogP contribution in [0.25, 0.3) is 11.4 Å². The zero-order valence-corrected chi connectivity index (χ0v) is 15.8. The van der Waals surface area contributed by atoms with Crippen LogP contribution >= 0.6 is 23.2 Å². The van der Waals surface area contributed by atoms with Crippen LogP contribution in [0.4, 0.5) is 5.95 Å². The third-order valence-corrected chi connectivity index (χ3v) is 5.00. The first-order chi connectivity index (χ1) is 13.0. The molecule has 6 nitrogen and oxygen atoms in total. The topological polar surface area (TPSA) is 85.8 Å². The van der Waals surface area contributed by atoms with Crippen molar-refractivity contribution in [1.29, 1.82) is 0 Å². The average molecular weight is 400 g/mol. The van der Waals surface area contributed by atoms with Crippen molar-refractivity contribution in [2.24, 2.45) is 5.73 Å². The summed E-state index contributed by atoms with van der Waals surface area (Å²) in [4.78, 5) is 16.7. The highest BCUT2D eigenvalue weighted by molar-refractivity contribution is 6.33. The lowest BCUT2D eigenvalue weighted by Gasteiger charge is -2.27. The Morgan fingerprint density at radius 2 is 1.85 bits per heavy atom. The highest BCUT2D eigenvalue weighted by Crippen LogP contribution is 2.37. The molecule has 1 aliphatic rings. The highest BCUT2D eigenvalue weighted by atomic mass is 35.5. The maximum atomic E-state index is 12.2. The molecule has 3 N–H and O–H groups in total. The first-order valence-corrected chi connectivity index (χ1v) is 8.96. The van der Waals surface area contributed by atoms with Gasteiger partial charge in [-0.05, 0) is 36.8 Å². The number of halogens is 2. The second-order valence-corrected chi connectivity index (χ2v) is 7.01.